The predicted molar refractivity (Wildman–Crippen MR) is 48.1 cm³/mol. The van der Waals surface area contributed by atoms with E-state index in [1.54, 1.807) is 19.4 Å². The van der Waals surface area contributed by atoms with Gasteiger partial charge in [0.2, 0.25) is 5.91 Å². The van der Waals surface area contributed by atoms with Gasteiger partial charge in [0.05, 0.1) is 0 Å². The second-order valence-electron chi connectivity index (χ2n) is 2.22. The van der Waals surface area contributed by atoms with Crippen molar-refractivity contribution >= 4 is 17.7 Å². The molecule has 0 atom stereocenters. The summed E-state index contributed by atoms with van der Waals surface area (Å²) in [5.74, 6) is -0.0108. The number of rotatable bonds is 3. The number of carbonyl (C=O) groups is 1. The molecule has 1 amide bonds. The third-order valence-electron chi connectivity index (χ3n) is 1.45. The molecule has 1 heterocycles. The van der Waals surface area contributed by atoms with E-state index in [1.807, 2.05) is 10.8 Å². The fraction of sp³-hybridized carbons (Fsp3) is 0.429. The molecule has 4 nitrogen and oxygen atoms in total. The molecule has 0 saturated heterocycles. The van der Waals surface area contributed by atoms with E-state index in [9.17, 15) is 4.79 Å². The SMILES string of the molecule is CNC(=O)Cn1ccnc1SC. The molecule has 12 heavy (non-hydrogen) atoms. The van der Waals surface area contributed by atoms with Crippen molar-refractivity contribution in [3.8, 4) is 0 Å². The lowest BCUT2D eigenvalue weighted by Gasteiger charge is -2.03. The van der Waals surface area contributed by atoms with E-state index in [2.05, 4.69) is 10.3 Å². The van der Waals surface area contributed by atoms with E-state index in [1.165, 1.54) is 11.8 Å². The molecule has 5 heteroatoms. The van der Waals surface area contributed by atoms with Gasteiger partial charge in [0.25, 0.3) is 0 Å². The van der Waals surface area contributed by atoms with Crippen LogP contribution in [-0.4, -0.2) is 28.8 Å². The molecule has 1 rings (SSSR count). The van der Waals surface area contributed by atoms with E-state index >= 15 is 0 Å². The van der Waals surface area contributed by atoms with Gasteiger partial charge >= 0.3 is 0 Å². The van der Waals surface area contributed by atoms with Crippen LogP contribution in [0.3, 0.4) is 0 Å². The van der Waals surface area contributed by atoms with Crippen molar-refractivity contribution in [3.63, 3.8) is 0 Å². The molecule has 1 aromatic rings. The van der Waals surface area contributed by atoms with Crippen LogP contribution in [0.15, 0.2) is 17.6 Å². The van der Waals surface area contributed by atoms with Crippen LogP contribution >= 0.6 is 11.8 Å². The molecule has 0 radical (unpaired) electrons. The lowest BCUT2D eigenvalue weighted by molar-refractivity contribution is -0.121. The number of imidazole rings is 1. The minimum absolute atomic E-state index is 0.0108. The lowest BCUT2D eigenvalue weighted by atomic mass is 10.6. The number of thioether (sulfide) groups is 1. The van der Waals surface area contributed by atoms with Gasteiger partial charge < -0.3 is 9.88 Å². The maximum absolute atomic E-state index is 11.0. The van der Waals surface area contributed by atoms with Gasteiger partial charge in [0.1, 0.15) is 6.54 Å². The molecule has 1 aromatic heterocycles. The number of carbonyl (C=O) groups excluding carboxylic acids is 1. The molecule has 1 N–H and O–H groups in total. The largest absolute Gasteiger partial charge is 0.358 e. The van der Waals surface area contributed by atoms with E-state index in [-0.39, 0.29) is 5.91 Å². The molecule has 0 unspecified atom stereocenters. The topological polar surface area (TPSA) is 46.9 Å². The van der Waals surface area contributed by atoms with Gasteiger partial charge in [-0.25, -0.2) is 4.98 Å². The lowest BCUT2D eigenvalue weighted by Crippen LogP contribution is -2.23. The highest BCUT2D eigenvalue weighted by Crippen LogP contribution is 2.10. The summed E-state index contributed by atoms with van der Waals surface area (Å²) in [7, 11) is 1.62. The Morgan fingerprint density at radius 2 is 2.58 bits per heavy atom. The molecule has 0 aliphatic carbocycles. The Balaban J connectivity index is 2.68. The maximum atomic E-state index is 11.0. The Labute approximate surface area is 75.4 Å². The molecular formula is C7H11N3OS. The van der Waals surface area contributed by atoms with Crippen LogP contribution in [0.25, 0.3) is 0 Å². The minimum Gasteiger partial charge on any atom is -0.358 e. The Bertz CT molecular complexity index is 271. The first-order valence-corrected chi connectivity index (χ1v) is 4.76. The average Bonchev–Trinajstić information content (AvgIpc) is 2.51. The van der Waals surface area contributed by atoms with Crippen molar-refractivity contribution in [2.75, 3.05) is 13.3 Å². The van der Waals surface area contributed by atoms with Gasteiger partial charge in [0.15, 0.2) is 5.16 Å². The quantitative estimate of drug-likeness (QED) is 0.691. The van der Waals surface area contributed by atoms with Gasteiger partial charge in [-0.2, -0.15) is 0 Å². The zero-order valence-electron chi connectivity index (χ0n) is 7.07. The molecule has 0 saturated carbocycles. The van der Waals surface area contributed by atoms with Gasteiger partial charge in [0, 0.05) is 19.4 Å². The molecular weight excluding hydrogens is 174 g/mol. The van der Waals surface area contributed by atoms with Gasteiger partial charge in [-0.1, -0.05) is 11.8 Å². The van der Waals surface area contributed by atoms with Crippen molar-refractivity contribution in [1.29, 1.82) is 0 Å². The van der Waals surface area contributed by atoms with Gasteiger partial charge in [-0.05, 0) is 6.26 Å². The second kappa shape index (κ2) is 4.15. The van der Waals surface area contributed by atoms with E-state index in [0.29, 0.717) is 6.54 Å². The highest BCUT2D eigenvalue weighted by molar-refractivity contribution is 7.98. The molecule has 0 aromatic carbocycles. The summed E-state index contributed by atoms with van der Waals surface area (Å²) in [5.41, 5.74) is 0. The highest BCUT2D eigenvalue weighted by atomic mass is 32.2. The zero-order chi connectivity index (χ0) is 8.97. The molecule has 0 bridgehead atoms. The van der Waals surface area contributed by atoms with Crippen molar-refractivity contribution in [1.82, 2.24) is 14.9 Å². The van der Waals surface area contributed by atoms with E-state index < -0.39 is 0 Å². The Morgan fingerprint density at radius 1 is 1.83 bits per heavy atom. The summed E-state index contributed by atoms with van der Waals surface area (Å²) in [6.45, 7) is 0.340. The normalized spacial score (nSPS) is 9.83. The summed E-state index contributed by atoms with van der Waals surface area (Å²) in [4.78, 5) is 15.0. The van der Waals surface area contributed by atoms with E-state index in [4.69, 9.17) is 0 Å². The number of nitrogens with one attached hydrogen (secondary N) is 1. The van der Waals surface area contributed by atoms with Crippen molar-refractivity contribution in [3.05, 3.63) is 12.4 Å². The second-order valence-corrected chi connectivity index (χ2v) is 2.99. The molecule has 0 spiro atoms. The third-order valence-corrected chi connectivity index (χ3v) is 2.16. The Kier molecular flexibility index (Phi) is 3.16. The number of likely N-dealkylation sites (N-methyl/N-ethyl adjacent to an activating group) is 1. The first-order chi connectivity index (χ1) is 5.77. The fourth-order valence-corrected chi connectivity index (χ4v) is 1.37. The maximum Gasteiger partial charge on any atom is 0.239 e. The third kappa shape index (κ3) is 2.01. The number of nitrogens with zero attached hydrogens (tertiary/aromatic N) is 2. The van der Waals surface area contributed by atoms with E-state index in [0.717, 1.165) is 5.16 Å². The van der Waals surface area contributed by atoms with Gasteiger partial charge in [-0.15, -0.1) is 0 Å². The van der Waals surface area contributed by atoms with Crippen LogP contribution in [0.5, 0.6) is 0 Å². The smallest absolute Gasteiger partial charge is 0.239 e. The molecule has 0 aliphatic heterocycles. The van der Waals surface area contributed by atoms with Crippen molar-refractivity contribution < 1.29 is 4.79 Å². The van der Waals surface area contributed by atoms with Gasteiger partial charge in [-0.3, -0.25) is 4.79 Å². The first-order valence-electron chi connectivity index (χ1n) is 3.53. The monoisotopic (exact) mass is 185 g/mol. The minimum atomic E-state index is -0.0108. The Hall–Kier alpha value is -0.970. The average molecular weight is 185 g/mol. The summed E-state index contributed by atoms with van der Waals surface area (Å²) >= 11 is 1.53. The summed E-state index contributed by atoms with van der Waals surface area (Å²) < 4.78 is 1.81. The molecule has 0 aliphatic rings. The summed E-state index contributed by atoms with van der Waals surface area (Å²) in [6.07, 6.45) is 5.42. The highest BCUT2D eigenvalue weighted by Gasteiger charge is 2.03. The molecule has 0 fully saturated rings. The number of amides is 1. The van der Waals surface area contributed by atoms with Crippen LogP contribution in [0, 0.1) is 0 Å². The molecule has 66 valence electrons. The standard InChI is InChI=1S/C7H11N3OS/c1-8-6(11)5-10-4-3-9-7(10)12-2/h3-4H,5H2,1-2H3,(H,8,11). The summed E-state index contributed by atoms with van der Waals surface area (Å²) in [5, 5.41) is 3.42. The van der Waals surface area contributed by atoms with Crippen LogP contribution in [0.2, 0.25) is 0 Å². The van der Waals surface area contributed by atoms with Crippen LogP contribution in [0.4, 0.5) is 0 Å². The number of hydrogen-bond acceptors (Lipinski definition) is 3. The first kappa shape index (κ1) is 9.12. The number of hydrogen-bond donors (Lipinski definition) is 1. The van der Waals surface area contributed by atoms with Crippen molar-refractivity contribution in [2.45, 2.75) is 11.7 Å². The van der Waals surface area contributed by atoms with Crippen molar-refractivity contribution in [2.24, 2.45) is 0 Å². The summed E-state index contributed by atoms with van der Waals surface area (Å²) in [6, 6.07) is 0. The zero-order valence-corrected chi connectivity index (χ0v) is 7.89. The van der Waals surface area contributed by atoms with Crippen LogP contribution in [-0.2, 0) is 11.3 Å². The number of aromatic nitrogens is 2. The fourth-order valence-electron chi connectivity index (χ4n) is 0.840. The predicted octanol–water partition coefficient (Wildman–Crippen LogP) is 0.351. The van der Waals surface area contributed by atoms with Crippen LogP contribution in [0.1, 0.15) is 0 Å². The Morgan fingerprint density at radius 3 is 3.17 bits per heavy atom. The van der Waals surface area contributed by atoms with Crippen LogP contribution < -0.4 is 5.32 Å².